The van der Waals surface area contributed by atoms with Crippen LogP contribution in [0.15, 0.2) is 60.7 Å². The first-order valence-electron chi connectivity index (χ1n) is 14.1. The third-order valence-corrected chi connectivity index (χ3v) is 10.5. The number of carboxylic acid groups (broad SMARTS) is 1. The number of thiophene rings is 1. The third-order valence-electron chi connectivity index (χ3n) is 8.89. The van der Waals surface area contributed by atoms with Crippen LogP contribution in [0.4, 0.5) is 10.1 Å². The summed E-state index contributed by atoms with van der Waals surface area (Å²) < 4.78 is 16.8. The van der Waals surface area contributed by atoms with E-state index < -0.39 is 29.0 Å². The maximum atomic E-state index is 16.0. The fourth-order valence-electron chi connectivity index (χ4n) is 7.41. The number of anilines is 1. The minimum absolute atomic E-state index is 0.0605. The van der Waals surface area contributed by atoms with Crippen LogP contribution in [0.25, 0.3) is 10.1 Å². The lowest BCUT2D eigenvalue weighted by Crippen LogP contribution is -2.45. The van der Waals surface area contributed by atoms with Crippen molar-refractivity contribution in [3.63, 3.8) is 0 Å². The first-order chi connectivity index (χ1) is 20.3. The Kier molecular flexibility index (Phi) is 7.43. The molecule has 2 aliphatic rings. The molecule has 0 saturated heterocycles. The topological polar surface area (TPSA) is 83.5 Å². The fourth-order valence-corrected chi connectivity index (χ4v) is 8.64. The van der Waals surface area contributed by atoms with Crippen LogP contribution >= 0.6 is 34.5 Å². The van der Waals surface area contributed by atoms with Gasteiger partial charge >= 0.3 is 5.97 Å². The molecule has 1 aliphatic carbocycles. The van der Waals surface area contributed by atoms with E-state index in [1.807, 2.05) is 24.3 Å². The van der Waals surface area contributed by atoms with Crippen molar-refractivity contribution in [3.05, 3.63) is 98.1 Å². The van der Waals surface area contributed by atoms with Gasteiger partial charge in [0.15, 0.2) is 0 Å². The number of carbonyl (C=O) groups is 3. The van der Waals surface area contributed by atoms with E-state index in [0.29, 0.717) is 23.6 Å². The molecule has 1 amide bonds. The summed E-state index contributed by atoms with van der Waals surface area (Å²) in [6, 6.07) is 17.1. The van der Waals surface area contributed by atoms with E-state index in [0.717, 1.165) is 21.2 Å². The Bertz CT molecular complexity index is 1810. The zero-order valence-electron chi connectivity index (χ0n) is 23.8. The van der Waals surface area contributed by atoms with Crippen LogP contribution in [0.2, 0.25) is 10.0 Å². The van der Waals surface area contributed by atoms with Crippen LogP contribution in [0, 0.1) is 23.1 Å². The first-order valence-corrected chi connectivity index (χ1v) is 15.7. The second-order valence-electron chi connectivity index (χ2n) is 12.9. The lowest BCUT2D eigenvalue weighted by Gasteiger charge is -2.39. The average molecular weight is 639 g/mol. The summed E-state index contributed by atoms with van der Waals surface area (Å²) in [7, 11) is 0. The number of ketones is 1. The molecule has 1 aromatic heterocycles. The number of amides is 1. The first kappa shape index (κ1) is 29.8. The second-order valence-corrected chi connectivity index (χ2v) is 14.8. The van der Waals surface area contributed by atoms with Gasteiger partial charge in [-0.1, -0.05) is 68.2 Å². The van der Waals surface area contributed by atoms with E-state index in [9.17, 15) is 19.5 Å². The van der Waals surface area contributed by atoms with E-state index in [1.165, 1.54) is 17.4 Å². The van der Waals surface area contributed by atoms with Crippen molar-refractivity contribution in [2.75, 3.05) is 5.32 Å². The van der Waals surface area contributed by atoms with Gasteiger partial charge in [0, 0.05) is 33.7 Å². The minimum Gasteiger partial charge on any atom is -0.477 e. The highest BCUT2D eigenvalue weighted by atomic mass is 35.5. The van der Waals surface area contributed by atoms with Crippen molar-refractivity contribution in [2.24, 2.45) is 17.3 Å². The Labute approximate surface area is 263 Å². The molecule has 4 aromatic rings. The van der Waals surface area contributed by atoms with Gasteiger partial charge in [-0.3, -0.25) is 9.59 Å². The normalized spacial score (nSPS) is 23.1. The largest absolute Gasteiger partial charge is 0.477 e. The van der Waals surface area contributed by atoms with Crippen LogP contribution < -0.4 is 5.32 Å². The molecule has 4 atom stereocenters. The highest BCUT2D eigenvalue weighted by Gasteiger charge is 2.65. The predicted octanol–water partition coefficient (Wildman–Crippen LogP) is 8.90. The SMILES string of the molecule is CC(C)(C)C[C@@H]1C[C@@H](C(=O)Cc2ccc3sc(C(=O)O)cc3c2)[C@H](c2cccc(Cl)c2F)[C@]12C(=O)Nc1cc(Cl)ccc12. The molecule has 1 spiro atoms. The third kappa shape index (κ3) is 5.05. The van der Waals surface area contributed by atoms with Gasteiger partial charge in [0.1, 0.15) is 16.5 Å². The summed E-state index contributed by atoms with van der Waals surface area (Å²) in [5.41, 5.74) is 0.875. The molecule has 1 saturated carbocycles. The summed E-state index contributed by atoms with van der Waals surface area (Å²) >= 11 is 13.8. The molecule has 0 radical (unpaired) electrons. The number of fused-ring (bicyclic) bond motifs is 3. The van der Waals surface area contributed by atoms with Gasteiger partial charge in [-0.15, -0.1) is 11.3 Å². The number of aromatic carboxylic acids is 1. The van der Waals surface area contributed by atoms with Crippen molar-refractivity contribution in [1.29, 1.82) is 0 Å². The molecule has 0 bridgehead atoms. The Balaban J connectivity index is 1.50. The maximum absolute atomic E-state index is 16.0. The van der Waals surface area contributed by atoms with Crippen molar-refractivity contribution in [1.82, 2.24) is 0 Å². The summed E-state index contributed by atoms with van der Waals surface area (Å²) in [6.45, 7) is 6.30. The molecule has 43 heavy (non-hydrogen) atoms. The van der Waals surface area contributed by atoms with Crippen LogP contribution in [0.5, 0.6) is 0 Å². The van der Waals surface area contributed by atoms with Gasteiger partial charge in [0.2, 0.25) is 5.91 Å². The average Bonchev–Trinajstić information content (AvgIpc) is 3.57. The number of halogens is 3. The number of carbonyl (C=O) groups excluding carboxylic acids is 2. The molecule has 2 N–H and O–H groups in total. The molecule has 0 unspecified atom stereocenters. The number of Topliss-reactive ketones (excluding diaryl/α,β-unsaturated/α-hetero) is 1. The number of hydrogen-bond acceptors (Lipinski definition) is 4. The minimum atomic E-state index is -1.22. The Hall–Kier alpha value is -3.26. The molecule has 9 heteroatoms. The Morgan fingerprint density at radius 2 is 1.86 bits per heavy atom. The Morgan fingerprint density at radius 1 is 1.09 bits per heavy atom. The maximum Gasteiger partial charge on any atom is 0.345 e. The quantitative estimate of drug-likeness (QED) is 0.221. The molecular formula is C34H30Cl2FNO4S. The second kappa shape index (κ2) is 10.7. The highest BCUT2D eigenvalue weighted by Crippen LogP contribution is 2.64. The number of benzene rings is 3. The molecule has 1 fully saturated rings. The van der Waals surface area contributed by atoms with Crippen molar-refractivity contribution in [3.8, 4) is 0 Å². The summed E-state index contributed by atoms with van der Waals surface area (Å²) in [4.78, 5) is 40.4. The van der Waals surface area contributed by atoms with E-state index >= 15 is 4.39 Å². The van der Waals surface area contributed by atoms with Gasteiger partial charge in [0.05, 0.1) is 10.4 Å². The molecule has 1 aliphatic heterocycles. The monoisotopic (exact) mass is 637 g/mol. The number of nitrogens with one attached hydrogen (secondary N) is 1. The number of carboxylic acids is 1. The lowest BCUT2D eigenvalue weighted by atomic mass is 9.61. The summed E-state index contributed by atoms with van der Waals surface area (Å²) in [5.74, 6) is -3.76. The Morgan fingerprint density at radius 3 is 2.58 bits per heavy atom. The fraction of sp³-hybridized carbons (Fsp3) is 0.324. The van der Waals surface area contributed by atoms with Crippen LogP contribution in [-0.4, -0.2) is 22.8 Å². The van der Waals surface area contributed by atoms with Crippen LogP contribution in [0.3, 0.4) is 0 Å². The van der Waals surface area contributed by atoms with Crippen LogP contribution in [-0.2, 0) is 21.4 Å². The number of rotatable bonds is 6. The standard InChI is InChI=1S/C34H30Cl2FNO4S/c1-33(2,3)16-19-14-22(26(39)12-17-7-10-27-18(11-17)13-28(43-27)31(40)41)29(21-5-4-6-24(36)30(21)37)34(19)23-9-8-20(35)15-25(23)38-32(34)42/h4-11,13,15,19,22,29H,12,14,16H2,1-3H3,(H,38,42)(H,40,41)/t19-,22-,29-,34-/m0/s1. The van der Waals surface area contributed by atoms with E-state index in [1.54, 1.807) is 30.3 Å². The van der Waals surface area contributed by atoms with Gasteiger partial charge in [-0.05, 0) is 82.6 Å². The highest BCUT2D eigenvalue weighted by molar-refractivity contribution is 7.20. The predicted molar refractivity (Wildman–Crippen MR) is 169 cm³/mol. The van der Waals surface area contributed by atoms with E-state index in [-0.39, 0.29) is 44.9 Å². The van der Waals surface area contributed by atoms with E-state index in [4.69, 9.17) is 23.2 Å². The molecule has 3 aromatic carbocycles. The molecule has 2 heterocycles. The van der Waals surface area contributed by atoms with E-state index in [2.05, 4.69) is 26.1 Å². The van der Waals surface area contributed by atoms with Crippen molar-refractivity contribution >= 4 is 68.0 Å². The zero-order valence-corrected chi connectivity index (χ0v) is 26.2. The van der Waals surface area contributed by atoms with Gasteiger partial charge in [-0.2, -0.15) is 0 Å². The van der Waals surface area contributed by atoms with Crippen LogP contribution in [0.1, 0.15) is 65.9 Å². The summed E-state index contributed by atoms with van der Waals surface area (Å²) in [6.07, 6.45) is 1.08. The molecule has 222 valence electrons. The molecule has 5 nitrogen and oxygen atoms in total. The summed E-state index contributed by atoms with van der Waals surface area (Å²) in [5, 5.41) is 13.6. The smallest absolute Gasteiger partial charge is 0.345 e. The molecular weight excluding hydrogens is 608 g/mol. The van der Waals surface area contributed by atoms with Gasteiger partial charge < -0.3 is 10.4 Å². The molecule has 6 rings (SSSR count). The number of hydrogen-bond donors (Lipinski definition) is 2. The van der Waals surface area contributed by atoms with Crippen molar-refractivity contribution in [2.45, 2.75) is 51.4 Å². The van der Waals surface area contributed by atoms with Gasteiger partial charge in [-0.25, -0.2) is 9.18 Å². The van der Waals surface area contributed by atoms with Crippen molar-refractivity contribution < 1.29 is 23.9 Å². The van der Waals surface area contributed by atoms with Gasteiger partial charge in [0.25, 0.3) is 0 Å². The zero-order chi connectivity index (χ0) is 30.8. The lowest BCUT2D eigenvalue weighted by molar-refractivity contribution is -0.124.